The molecule has 0 spiro atoms. The van der Waals surface area contributed by atoms with Crippen LogP contribution in [0.3, 0.4) is 0 Å². The summed E-state index contributed by atoms with van der Waals surface area (Å²) in [5.41, 5.74) is 5.87. The van der Waals surface area contributed by atoms with Gasteiger partial charge in [0.15, 0.2) is 0 Å². The summed E-state index contributed by atoms with van der Waals surface area (Å²) in [4.78, 5) is 19.6. The van der Waals surface area contributed by atoms with Gasteiger partial charge < -0.3 is 10.5 Å². The molecule has 3 N–H and O–H groups in total. The highest BCUT2D eigenvalue weighted by molar-refractivity contribution is 7.39. The second-order valence-corrected chi connectivity index (χ2v) is 5.71. The van der Waals surface area contributed by atoms with E-state index < -0.39 is 20.2 Å². The van der Waals surface area contributed by atoms with Crippen LogP contribution in [0.2, 0.25) is 0 Å². The summed E-state index contributed by atoms with van der Waals surface area (Å²) < 4.78 is 15.2. The normalized spacial score (nSPS) is 19.8. The van der Waals surface area contributed by atoms with E-state index in [1.54, 1.807) is 0 Å². The maximum absolute atomic E-state index is 11.0. The van der Waals surface area contributed by atoms with Gasteiger partial charge >= 0.3 is 14.0 Å². The van der Waals surface area contributed by atoms with Crippen LogP contribution in [-0.2, 0) is 14.1 Å². The van der Waals surface area contributed by atoms with Gasteiger partial charge in [0.2, 0.25) is 0 Å². The van der Waals surface area contributed by atoms with Crippen molar-refractivity contribution in [3.05, 3.63) is 0 Å². The molecule has 0 amide bonds. The summed E-state index contributed by atoms with van der Waals surface area (Å²) in [6.07, 6.45) is 6.70. The van der Waals surface area contributed by atoms with E-state index in [4.69, 9.17) is 15.4 Å². The number of hydrogen-bond acceptors (Lipinski definition) is 4. The molecule has 5 nitrogen and oxygen atoms in total. The van der Waals surface area contributed by atoms with E-state index in [2.05, 4.69) is 0 Å². The molecule has 0 aromatic heterocycles. The van der Waals surface area contributed by atoms with Crippen molar-refractivity contribution in [3.63, 3.8) is 0 Å². The minimum Gasteiger partial charge on any atom is -0.461 e. The quantitative estimate of drug-likeness (QED) is 0.560. The fourth-order valence-electron chi connectivity index (χ4n) is 2.28. The first-order chi connectivity index (χ1) is 8.08. The van der Waals surface area contributed by atoms with Crippen molar-refractivity contribution < 1.29 is 19.0 Å². The standard InChI is InChI=1S/C11H20NO4P/c12-10(6-9-4-2-1-3-5-9)7-16-11(13)8-17(14)15/h9-10H,1-8,12H2/p+1. The van der Waals surface area contributed by atoms with E-state index in [1.165, 1.54) is 32.1 Å². The summed E-state index contributed by atoms with van der Waals surface area (Å²) in [6.45, 7) is 0.151. The van der Waals surface area contributed by atoms with Crippen LogP contribution in [0.4, 0.5) is 0 Å². The van der Waals surface area contributed by atoms with E-state index in [0.29, 0.717) is 5.92 Å². The van der Waals surface area contributed by atoms with Crippen molar-refractivity contribution in [3.8, 4) is 0 Å². The third-order valence-electron chi connectivity index (χ3n) is 3.08. The molecule has 2 atom stereocenters. The number of nitrogens with two attached hydrogens (primary N) is 1. The number of esters is 1. The summed E-state index contributed by atoms with van der Waals surface area (Å²) in [5.74, 6) is -0.000342. The number of ether oxygens (including phenoxy) is 1. The van der Waals surface area contributed by atoms with Gasteiger partial charge in [-0.2, -0.15) is 4.89 Å². The first-order valence-corrected chi connectivity index (χ1v) is 7.52. The molecule has 17 heavy (non-hydrogen) atoms. The van der Waals surface area contributed by atoms with Crippen molar-refractivity contribution in [2.45, 2.75) is 44.6 Å². The minimum absolute atomic E-state index is 0.151. The Morgan fingerprint density at radius 2 is 2.06 bits per heavy atom. The fourth-order valence-corrected chi connectivity index (χ4v) is 2.59. The molecule has 1 fully saturated rings. The average Bonchev–Trinajstić information content (AvgIpc) is 2.27. The van der Waals surface area contributed by atoms with Crippen LogP contribution in [0.25, 0.3) is 0 Å². The molecule has 1 aliphatic carbocycles. The molecule has 0 aromatic carbocycles. The second-order valence-electron chi connectivity index (χ2n) is 4.69. The maximum Gasteiger partial charge on any atom is 0.517 e. The smallest absolute Gasteiger partial charge is 0.461 e. The summed E-state index contributed by atoms with van der Waals surface area (Å²) in [5, 5.41) is 0. The predicted octanol–water partition coefficient (Wildman–Crippen LogP) is 1.56. The Morgan fingerprint density at radius 1 is 1.41 bits per heavy atom. The van der Waals surface area contributed by atoms with Gasteiger partial charge in [-0.05, 0) is 16.9 Å². The third kappa shape index (κ3) is 6.71. The molecule has 2 unspecified atom stereocenters. The van der Waals surface area contributed by atoms with Gasteiger partial charge in [-0.25, -0.2) is 4.79 Å². The van der Waals surface area contributed by atoms with Crippen LogP contribution < -0.4 is 5.73 Å². The molecule has 1 aliphatic rings. The molecule has 1 rings (SSSR count). The highest BCUT2D eigenvalue weighted by Crippen LogP contribution is 2.27. The summed E-state index contributed by atoms with van der Waals surface area (Å²) in [7, 11) is -2.45. The molecule has 0 aliphatic heterocycles. The SMILES string of the molecule is NC(COC(=O)C[P+](=O)O)CC1CCCCC1. The lowest BCUT2D eigenvalue weighted by molar-refractivity contribution is -0.141. The van der Waals surface area contributed by atoms with Crippen molar-refractivity contribution >= 4 is 14.0 Å². The minimum atomic E-state index is -2.45. The highest BCUT2D eigenvalue weighted by Gasteiger charge is 2.21. The zero-order chi connectivity index (χ0) is 12.7. The molecule has 0 aromatic rings. The zero-order valence-corrected chi connectivity index (χ0v) is 10.9. The number of hydrogen-bond donors (Lipinski definition) is 2. The first-order valence-electron chi connectivity index (χ1n) is 6.12. The molecule has 0 heterocycles. The molecular weight excluding hydrogens is 241 g/mol. The summed E-state index contributed by atoms with van der Waals surface area (Å²) >= 11 is 0. The molecule has 0 radical (unpaired) electrons. The predicted molar refractivity (Wildman–Crippen MR) is 64.8 cm³/mol. The molecule has 98 valence electrons. The Hall–Kier alpha value is -0.510. The van der Waals surface area contributed by atoms with Crippen molar-refractivity contribution in [1.82, 2.24) is 0 Å². The van der Waals surface area contributed by atoms with E-state index in [0.717, 1.165) is 6.42 Å². The second kappa shape index (κ2) is 7.75. The number of carbonyl (C=O) groups excluding carboxylic acids is 1. The van der Waals surface area contributed by atoms with Gasteiger partial charge in [-0.3, -0.25) is 0 Å². The molecule has 6 heteroatoms. The summed E-state index contributed by atoms with van der Waals surface area (Å²) in [6, 6.07) is -0.154. The van der Waals surface area contributed by atoms with Gasteiger partial charge in [0.25, 0.3) is 6.16 Å². The van der Waals surface area contributed by atoms with Crippen LogP contribution >= 0.6 is 8.03 Å². The first kappa shape index (κ1) is 14.6. The van der Waals surface area contributed by atoms with Gasteiger partial charge in [-0.15, -0.1) is 0 Å². The van der Waals surface area contributed by atoms with Crippen molar-refractivity contribution in [1.29, 1.82) is 0 Å². The molecule has 0 bridgehead atoms. The van der Waals surface area contributed by atoms with Gasteiger partial charge in [0, 0.05) is 6.04 Å². The van der Waals surface area contributed by atoms with Gasteiger partial charge in [0.05, 0.1) is 0 Å². The van der Waals surface area contributed by atoms with Crippen LogP contribution in [-0.4, -0.2) is 29.7 Å². The van der Waals surface area contributed by atoms with Gasteiger partial charge in [0.1, 0.15) is 6.61 Å². The van der Waals surface area contributed by atoms with Crippen LogP contribution in [0.1, 0.15) is 38.5 Å². The Labute approximate surface area is 103 Å². The van der Waals surface area contributed by atoms with Crippen molar-refractivity contribution in [2.24, 2.45) is 11.7 Å². The molecule has 1 saturated carbocycles. The largest absolute Gasteiger partial charge is 0.517 e. The third-order valence-corrected chi connectivity index (χ3v) is 3.61. The van der Waals surface area contributed by atoms with Crippen LogP contribution in [0, 0.1) is 5.92 Å². The Kier molecular flexibility index (Phi) is 6.63. The lowest BCUT2D eigenvalue weighted by Gasteiger charge is -2.24. The Bertz CT molecular complexity index is 266. The molecule has 0 saturated heterocycles. The fraction of sp³-hybridized carbons (Fsp3) is 0.909. The van der Waals surface area contributed by atoms with E-state index >= 15 is 0 Å². The Morgan fingerprint density at radius 3 is 2.65 bits per heavy atom. The topological polar surface area (TPSA) is 89.6 Å². The van der Waals surface area contributed by atoms with Crippen LogP contribution in [0.5, 0.6) is 0 Å². The van der Waals surface area contributed by atoms with E-state index in [-0.39, 0.29) is 12.6 Å². The monoisotopic (exact) mass is 262 g/mol. The molecular formula is C11H21NO4P+. The maximum atomic E-state index is 11.0. The van der Waals surface area contributed by atoms with E-state index in [9.17, 15) is 9.36 Å². The lowest BCUT2D eigenvalue weighted by atomic mass is 9.85. The van der Waals surface area contributed by atoms with E-state index in [1.807, 2.05) is 0 Å². The number of carbonyl (C=O) groups is 1. The highest BCUT2D eigenvalue weighted by atomic mass is 31.1. The lowest BCUT2D eigenvalue weighted by Crippen LogP contribution is -2.31. The van der Waals surface area contributed by atoms with Gasteiger partial charge in [-0.1, -0.05) is 32.1 Å². The van der Waals surface area contributed by atoms with Crippen molar-refractivity contribution in [2.75, 3.05) is 12.8 Å². The Balaban J connectivity index is 2.13. The van der Waals surface area contributed by atoms with Crippen LogP contribution in [0.15, 0.2) is 0 Å². The number of rotatable bonds is 6. The zero-order valence-electron chi connectivity index (χ0n) is 10.0. The average molecular weight is 262 g/mol.